The molecule has 2 aliphatic rings. The molecule has 3 unspecified atom stereocenters. The average Bonchev–Trinajstić information content (AvgIpc) is 3.34. The van der Waals surface area contributed by atoms with E-state index in [1.807, 2.05) is 32.0 Å². The molecule has 0 radical (unpaired) electrons. The maximum absolute atomic E-state index is 13.1. The monoisotopic (exact) mass is 487 g/mol. The third kappa shape index (κ3) is 4.27. The molecule has 11 nitrogen and oxygen atoms in total. The predicted molar refractivity (Wildman–Crippen MR) is 124 cm³/mol. The molecule has 2 saturated heterocycles. The summed E-state index contributed by atoms with van der Waals surface area (Å²) < 4.78 is 6.30. The largest absolute Gasteiger partial charge is 0.442 e. The highest BCUT2D eigenvalue weighted by Crippen LogP contribution is 2.56. The number of carbonyl (C=O) groups is 3. The number of thioether (sulfide) groups is 1. The lowest BCUT2D eigenvalue weighted by molar-refractivity contribution is -0.158. The van der Waals surface area contributed by atoms with Crippen molar-refractivity contribution in [1.82, 2.24) is 30.4 Å². The molecule has 1 aromatic heterocycles. The topological polar surface area (TPSA) is 145 Å². The molecule has 0 bridgehead atoms. The molecular weight excluding hydrogens is 458 g/mol. The lowest BCUT2D eigenvalue weighted by Gasteiger charge is -2.44. The van der Waals surface area contributed by atoms with E-state index in [9.17, 15) is 14.4 Å². The smallest absolute Gasteiger partial charge is 0.313 e. The molecule has 34 heavy (non-hydrogen) atoms. The molecule has 2 amide bonds. The molecule has 0 aliphatic carbocycles. The molecule has 4 atom stereocenters. The van der Waals surface area contributed by atoms with Gasteiger partial charge in [-0.3, -0.25) is 14.4 Å². The second-order valence-electron chi connectivity index (χ2n) is 9.98. The van der Waals surface area contributed by atoms with Crippen molar-refractivity contribution in [1.29, 1.82) is 0 Å². The van der Waals surface area contributed by atoms with Gasteiger partial charge in [-0.2, -0.15) is 4.68 Å². The highest BCUT2D eigenvalue weighted by Gasteiger charge is 2.63. The zero-order chi connectivity index (χ0) is 24.8. The van der Waals surface area contributed by atoms with Crippen LogP contribution in [0.3, 0.4) is 0 Å². The number of nitrogens with two attached hydrogens (primary N) is 1. The number of β-lactam (4-membered cyclic amide) rings is 1. The lowest BCUT2D eigenvalue weighted by Crippen LogP contribution is -2.68. The van der Waals surface area contributed by atoms with Gasteiger partial charge in [0.05, 0.1) is 5.41 Å². The standard InChI is InChI=1S/C22H29N7O4S/c1-21(2,3)20(32)33-11-28-16(25-26-27-28)15-22(4,5)34-19-14(18(31)29(15)19)24-17(30)13(23)12-9-7-6-8-10-12/h6-10,13-15,19H,11,23H2,1-5H3,(H,24,30)/t13?,14?,15?,19-/m0/s1. The molecule has 0 spiro atoms. The molecule has 182 valence electrons. The van der Waals surface area contributed by atoms with Gasteiger partial charge in [-0.05, 0) is 50.6 Å². The maximum Gasteiger partial charge on any atom is 0.313 e. The summed E-state index contributed by atoms with van der Waals surface area (Å²) in [6, 6.07) is 6.97. The van der Waals surface area contributed by atoms with Crippen LogP contribution in [0, 0.1) is 5.41 Å². The zero-order valence-electron chi connectivity index (χ0n) is 19.8. The van der Waals surface area contributed by atoms with Gasteiger partial charge in [-0.1, -0.05) is 30.3 Å². The van der Waals surface area contributed by atoms with Crippen molar-refractivity contribution < 1.29 is 19.1 Å². The number of hydrogen-bond donors (Lipinski definition) is 2. The van der Waals surface area contributed by atoms with E-state index in [2.05, 4.69) is 20.8 Å². The second-order valence-corrected chi connectivity index (χ2v) is 11.8. The number of nitrogens with one attached hydrogen (secondary N) is 1. The number of fused-ring (bicyclic) bond motifs is 1. The number of nitrogens with zero attached hydrogens (tertiary/aromatic N) is 5. The van der Waals surface area contributed by atoms with Crippen molar-refractivity contribution in [3.05, 3.63) is 41.7 Å². The van der Waals surface area contributed by atoms with Crippen LogP contribution in [0.2, 0.25) is 0 Å². The number of rotatable bonds is 6. The first kappa shape index (κ1) is 24.1. The summed E-state index contributed by atoms with van der Waals surface area (Å²) >= 11 is 1.56. The van der Waals surface area contributed by atoms with Crippen LogP contribution in [0.25, 0.3) is 0 Å². The van der Waals surface area contributed by atoms with Crippen LogP contribution in [0.15, 0.2) is 30.3 Å². The van der Waals surface area contributed by atoms with Crippen molar-refractivity contribution in [2.75, 3.05) is 0 Å². The summed E-state index contributed by atoms with van der Waals surface area (Å²) in [6.07, 6.45) is 0. The highest BCUT2D eigenvalue weighted by atomic mass is 32.2. The Morgan fingerprint density at radius 3 is 2.59 bits per heavy atom. The lowest BCUT2D eigenvalue weighted by atomic mass is 9.95. The molecule has 0 saturated carbocycles. The van der Waals surface area contributed by atoms with Gasteiger partial charge in [0, 0.05) is 4.75 Å². The fourth-order valence-corrected chi connectivity index (χ4v) is 5.68. The molecule has 4 rings (SSSR count). The Bertz CT molecular complexity index is 1100. The van der Waals surface area contributed by atoms with Crippen molar-refractivity contribution in [2.45, 2.75) is 69.6 Å². The Kier molecular flexibility index (Phi) is 6.15. The summed E-state index contributed by atoms with van der Waals surface area (Å²) in [5.74, 6) is -0.613. The van der Waals surface area contributed by atoms with Crippen LogP contribution < -0.4 is 11.1 Å². The number of aromatic nitrogens is 4. The number of hydrogen-bond acceptors (Lipinski definition) is 9. The quantitative estimate of drug-likeness (QED) is 0.452. The van der Waals surface area contributed by atoms with Gasteiger partial charge in [0.15, 0.2) is 12.6 Å². The van der Waals surface area contributed by atoms with Crippen LogP contribution in [-0.2, 0) is 25.9 Å². The molecular formula is C22H29N7O4S. The van der Waals surface area contributed by atoms with Crippen LogP contribution >= 0.6 is 11.8 Å². The minimum absolute atomic E-state index is 0.158. The molecule has 3 heterocycles. The predicted octanol–water partition coefficient (Wildman–Crippen LogP) is 1.14. The van der Waals surface area contributed by atoms with E-state index < -0.39 is 34.2 Å². The van der Waals surface area contributed by atoms with Crippen molar-refractivity contribution in [3.63, 3.8) is 0 Å². The fraction of sp³-hybridized carbons (Fsp3) is 0.545. The van der Waals surface area contributed by atoms with Crippen molar-refractivity contribution >= 4 is 29.5 Å². The summed E-state index contributed by atoms with van der Waals surface area (Å²) in [6.45, 7) is 9.09. The first-order valence-corrected chi connectivity index (χ1v) is 11.8. The fourth-order valence-electron chi connectivity index (χ4n) is 4.05. The number of benzene rings is 1. The van der Waals surface area contributed by atoms with Gasteiger partial charge in [0.1, 0.15) is 23.5 Å². The third-order valence-electron chi connectivity index (χ3n) is 5.91. The van der Waals surface area contributed by atoms with Gasteiger partial charge in [-0.15, -0.1) is 16.9 Å². The SMILES string of the molecule is CC(C)(C)C(=O)OCn1nnnc1C1N2C(=O)C(NC(=O)C(N)c3ccccc3)[C@@H]2SC1(C)C. The van der Waals surface area contributed by atoms with Gasteiger partial charge in [-0.25, -0.2) is 0 Å². The Morgan fingerprint density at radius 1 is 1.26 bits per heavy atom. The van der Waals surface area contributed by atoms with E-state index in [0.29, 0.717) is 11.4 Å². The summed E-state index contributed by atoms with van der Waals surface area (Å²) in [5.41, 5.74) is 6.10. The Morgan fingerprint density at radius 2 is 1.94 bits per heavy atom. The molecule has 2 aliphatic heterocycles. The molecule has 1 aromatic carbocycles. The van der Waals surface area contributed by atoms with E-state index in [1.165, 1.54) is 4.68 Å². The van der Waals surface area contributed by atoms with E-state index in [1.54, 1.807) is 49.6 Å². The van der Waals surface area contributed by atoms with Crippen LogP contribution in [0.1, 0.15) is 58.1 Å². The number of amides is 2. The van der Waals surface area contributed by atoms with Crippen LogP contribution in [0.5, 0.6) is 0 Å². The zero-order valence-corrected chi connectivity index (χ0v) is 20.6. The number of ether oxygens (including phenoxy) is 1. The van der Waals surface area contributed by atoms with Crippen molar-refractivity contribution in [3.8, 4) is 0 Å². The van der Waals surface area contributed by atoms with Crippen molar-refractivity contribution in [2.24, 2.45) is 11.1 Å². The van der Waals surface area contributed by atoms with E-state index >= 15 is 0 Å². The average molecular weight is 488 g/mol. The van der Waals surface area contributed by atoms with Gasteiger partial charge >= 0.3 is 5.97 Å². The minimum Gasteiger partial charge on any atom is -0.442 e. The first-order chi connectivity index (χ1) is 15.9. The summed E-state index contributed by atoms with van der Waals surface area (Å²) in [5, 5.41) is 14.4. The Balaban J connectivity index is 1.48. The van der Waals surface area contributed by atoms with Gasteiger partial charge in [0.2, 0.25) is 11.8 Å². The maximum atomic E-state index is 13.1. The third-order valence-corrected chi connectivity index (χ3v) is 7.49. The number of carbonyl (C=O) groups excluding carboxylic acids is 3. The molecule has 2 aromatic rings. The Labute approximate surface area is 201 Å². The number of esters is 1. The molecule has 3 N–H and O–H groups in total. The number of tetrazole rings is 1. The summed E-state index contributed by atoms with van der Waals surface area (Å²) in [4.78, 5) is 39.7. The second kappa shape index (κ2) is 8.66. The molecule has 2 fully saturated rings. The summed E-state index contributed by atoms with van der Waals surface area (Å²) in [7, 11) is 0. The van der Waals surface area contributed by atoms with E-state index in [4.69, 9.17) is 10.5 Å². The first-order valence-electron chi connectivity index (χ1n) is 11.0. The Hall–Kier alpha value is -2.99. The normalized spacial score (nSPS) is 24.2. The van der Waals surface area contributed by atoms with Gasteiger partial charge in [0.25, 0.3) is 0 Å². The minimum atomic E-state index is -0.872. The van der Waals surface area contributed by atoms with Gasteiger partial charge < -0.3 is 20.7 Å². The highest BCUT2D eigenvalue weighted by molar-refractivity contribution is 8.01. The van der Waals surface area contributed by atoms with Crippen LogP contribution in [-0.4, -0.2) is 59.1 Å². The van der Waals surface area contributed by atoms with E-state index in [0.717, 1.165) is 0 Å². The molecule has 12 heteroatoms. The van der Waals surface area contributed by atoms with Crippen LogP contribution in [0.4, 0.5) is 0 Å². The van der Waals surface area contributed by atoms with E-state index in [-0.39, 0.29) is 24.0 Å².